The van der Waals surface area contributed by atoms with Crippen molar-refractivity contribution in [3.63, 3.8) is 0 Å². The van der Waals surface area contributed by atoms with Crippen LogP contribution in [0.25, 0.3) is 27.6 Å². The van der Waals surface area contributed by atoms with Gasteiger partial charge in [-0.05, 0) is 29.9 Å². The van der Waals surface area contributed by atoms with E-state index in [-0.39, 0.29) is 25.8 Å². The maximum absolute atomic E-state index is 15.0. The minimum absolute atomic E-state index is 0. The summed E-state index contributed by atoms with van der Waals surface area (Å²) in [6, 6.07) is 47.2. The predicted octanol–water partition coefficient (Wildman–Crippen LogP) is 8.77. The third-order valence-corrected chi connectivity index (χ3v) is 13.0. The number of nitrogens with zero attached hydrogens (tertiary/aromatic N) is 2. The number of aromatic nitrogens is 2. The fourth-order valence-corrected chi connectivity index (χ4v) is 10.5. The van der Waals surface area contributed by atoms with E-state index in [9.17, 15) is 4.57 Å². The fraction of sp³-hybridized carbons (Fsp3) is 0.146. The van der Waals surface area contributed by atoms with Crippen LogP contribution in [0.15, 0.2) is 128 Å². The van der Waals surface area contributed by atoms with E-state index in [0.29, 0.717) is 16.8 Å². The van der Waals surface area contributed by atoms with Gasteiger partial charge in [0.15, 0.2) is 0 Å². The Balaban J connectivity index is 0.00000324. The normalized spacial score (nSPS) is 14.9. The number of ether oxygens (including phenoxy) is 1. The van der Waals surface area contributed by atoms with Crippen molar-refractivity contribution in [1.29, 1.82) is 0 Å². The smallest absolute Gasteiger partial charge is 0.509 e. The van der Waals surface area contributed by atoms with Crippen molar-refractivity contribution in [3.05, 3.63) is 151 Å². The minimum atomic E-state index is -3.19. The molecule has 1 fully saturated rings. The van der Waals surface area contributed by atoms with Crippen LogP contribution in [0.2, 0.25) is 0 Å². The van der Waals surface area contributed by atoms with Gasteiger partial charge in [-0.1, -0.05) is 115 Å². The van der Waals surface area contributed by atoms with E-state index in [0.717, 1.165) is 40.2 Å². The maximum atomic E-state index is 15.0. The molecule has 0 radical (unpaired) electrons. The van der Waals surface area contributed by atoms with Gasteiger partial charge >= 0.3 is 20.4 Å². The molecule has 1 aliphatic heterocycles. The van der Waals surface area contributed by atoms with Gasteiger partial charge in [0.2, 0.25) is 0 Å². The molecular formula is C41H31N2O2PPd. The molecule has 0 bridgehead atoms. The van der Waals surface area contributed by atoms with Crippen molar-refractivity contribution >= 4 is 44.9 Å². The van der Waals surface area contributed by atoms with E-state index in [2.05, 4.69) is 53.1 Å². The van der Waals surface area contributed by atoms with Crippen LogP contribution in [0.3, 0.4) is 0 Å². The molecule has 1 spiro atoms. The molecule has 0 unspecified atom stereocenters. The Bertz CT molecular complexity index is 2270. The van der Waals surface area contributed by atoms with Crippen molar-refractivity contribution in [2.75, 3.05) is 0 Å². The summed E-state index contributed by atoms with van der Waals surface area (Å²) < 4.78 is 23.7. The van der Waals surface area contributed by atoms with Crippen LogP contribution < -0.4 is 20.7 Å². The minimum Gasteiger partial charge on any atom is -0.509 e. The Hall–Kier alpha value is -4.26. The number of hydrogen-bond acceptors (Lipinski definition) is 3. The average Bonchev–Trinajstić information content (AvgIpc) is 3.46. The molecule has 1 saturated carbocycles. The molecule has 1 aliphatic carbocycles. The molecular weight excluding hydrogens is 690 g/mol. The Labute approximate surface area is 288 Å². The first-order valence-corrected chi connectivity index (χ1v) is 17.8. The first-order chi connectivity index (χ1) is 22.7. The van der Waals surface area contributed by atoms with Crippen LogP contribution in [0.5, 0.6) is 11.5 Å². The van der Waals surface area contributed by atoms with Gasteiger partial charge < -0.3 is 13.9 Å². The second-order valence-electron chi connectivity index (χ2n) is 12.4. The number of benzene rings is 5. The van der Waals surface area contributed by atoms with Gasteiger partial charge in [-0.15, -0.1) is 29.7 Å². The van der Waals surface area contributed by atoms with Gasteiger partial charge in [0.1, 0.15) is 13.0 Å². The Morgan fingerprint density at radius 1 is 0.660 bits per heavy atom. The van der Waals surface area contributed by atoms with Crippen molar-refractivity contribution < 1.29 is 29.7 Å². The number of fused-ring (bicyclic) bond motifs is 7. The van der Waals surface area contributed by atoms with Crippen LogP contribution in [0.1, 0.15) is 43.2 Å². The summed E-state index contributed by atoms with van der Waals surface area (Å²) >= 11 is 0. The molecule has 0 atom stereocenters. The Morgan fingerprint density at radius 3 is 2.09 bits per heavy atom. The van der Waals surface area contributed by atoms with Gasteiger partial charge in [0.25, 0.3) is 0 Å². The van der Waals surface area contributed by atoms with Gasteiger partial charge in [0.05, 0.1) is 0 Å². The third-order valence-electron chi connectivity index (χ3n) is 9.96. The van der Waals surface area contributed by atoms with Crippen molar-refractivity contribution in [2.24, 2.45) is 0 Å². The summed E-state index contributed by atoms with van der Waals surface area (Å²) in [5, 5.41) is 4.48. The summed E-state index contributed by atoms with van der Waals surface area (Å²) in [7, 11) is -3.19. The van der Waals surface area contributed by atoms with Crippen LogP contribution in [-0.4, -0.2) is 9.55 Å². The predicted molar refractivity (Wildman–Crippen MR) is 186 cm³/mol. The van der Waals surface area contributed by atoms with Crippen LogP contribution in [-0.2, 0) is 30.4 Å². The number of hydrogen-bond donors (Lipinski definition) is 0. The number of pyridine rings is 1. The molecule has 2 aromatic heterocycles. The zero-order valence-corrected chi connectivity index (χ0v) is 28.1. The molecule has 3 heterocycles. The molecule has 7 aromatic rings. The van der Waals surface area contributed by atoms with E-state index >= 15 is 0 Å². The number of para-hydroxylation sites is 1. The SMILES string of the molecule is O=P(c1[c-]c(Oc2[c-]c3c(cc2)c2cccc4c2n3-c2ncccc2C42CCCCC2)ccc1)(c1ccccc1)c1ccccc1.[Pd+2]. The van der Waals surface area contributed by atoms with Crippen LogP contribution >= 0.6 is 7.14 Å². The van der Waals surface area contributed by atoms with E-state index < -0.39 is 7.14 Å². The molecule has 9 rings (SSSR count). The Kier molecular flexibility index (Phi) is 7.53. The molecule has 2 aliphatic rings. The summed E-state index contributed by atoms with van der Waals surface area (Å²) in [6.45, 7) is 0. The summed E-state index contributed by atoms with van der Waals surface area (Å²) in [5.74, 6) is 2.07. The molecule has 232 valence electrons. The van der Waals surface area contributed by atoms with E-state index in [1.165, 1.54) is 41.3 Å². The molecule has 0 saturated heterocycles. The van der Waals surface area contributed by atoms with E-state index in [1.54, 1.807) is 0 Å². The average molecular weight is 721 g/mol. The monoisotopic (exact) mass is 720 g/mol. The standard InChI is InChI=1S/C41H31N2O2P.Pd/c44-46(31-14-4-1-5-15-31,32-16-6-2-7-17-32)33-18-10-13-29(27-33)45-30-22-23-34-35-19-11-20-36-39(35)43(38(34)28-30)40-37(21-12-26-42-40)41(36)24-8-3-9-25-41;/h1-2,4-7,10-23,26H,3,8-9,24-25H2;/q-2;+2. The first kappa shape index (κ1) is 30.1. The van der Waals surface area contributed by atoms with Gasteiger partial charge in [-0.25, -0.2) is 4.98 Å². The summed E-state index contributed by atoms with van der Waals surface area (Å²) in [5.41, 5.74) is 4.88. The second kappa shape index (κ2) is 11.8. The molecule has 6 heteroatoms. The maximum Gasteiger partial charge on any atom is 2.00 e. The summed E-state index contributed by atoms with van der Waals surface area (Å²) in [4.78, 5) is 4.99. The molecule has 0 amide bonds. The Morgan fingerprint density at radius 2 is 1.34 bits per heavy atom. The quantitative estimate of drug-likeness (QED) is 0.102. The van der Waals surface area contributed by atoms with Gasteiger partial charge in [0, 0.05) is 44.8 Å². The van der Waals surface area contributed by atoms with Gasteiger partial charge in [-0.3, -0.25) is 0 Å². The largest absolute Gasteiger partial charge is 2.00 e. The fourth-order valence-electron chi connectivity index (χ4n) is 7.92. The van der Waals surface area contributed by atoms with Crippen LogP contribution in [0, 0.1) is 12.1 Å². The van der Waals surface area contributed by atoms with Gasteiger partial charge in [-0.2, -0.15) is 18.2 Å². The molecule has 4 nitrogen and oxygen atoms in total. The van der Waals surface area contributed by atoms with Crippen molar-refractivity contribution in [1.82, 2.24) is 9.55 Å². The molecule has 47 heavy (non-hydrogen) atoms. The zero-order valence-electron chi connectivity index (χ0n) is 25.6. The van der Waals surface area contributed by atoms with Crippen molar-refractivity contribution in [2.45, 2.75) is 37.5 Å². The summed E-state index contributed by atoms with van der Waals surface area (Å²) in [6.07, 6.45) is 7.94. The topological polar surface area (TPSA) is 44.1 Å². The third kappa shape index (κ3) is 4.60. The zero-order chi connectivity index (χ0) is 30.7. The van der Waals surface area contributed by atoms with E-state index in [1.807, 2.05) is 91.1 Å². The second-order valence-corrected chi connectivity index (χ2v) is 15.2. The first-order valence-electron chi connectivity index (χ1n) is 16.0. The van der Waals surface area contributed by atoms with Crippen LogP contribution in [0.4, 0.5) is 0 Å². The molecule has 0 N–H and O–H groups in total. The number of rotatable bonds is 5. The van der Waals surface area contributed by atoms with E-state index in [4.69, 9.17) is 9.72 Å². The van der Waals surface area contributed by atoms with Crippen molar-refractivity contribution in [3.8, 4) is 17.3 Å². The molecule has 5 aromatic carbocycles.